The van der Waals surface area contributed by atoms with E-state index in [9.17, 15) is 0 Å². The predicted molar refractivity (Wildman–Crippen MR) is 94.6 cm³/mol. The molecule has 5 nitrogen and oxygen atoms in total. The summed E-state index contributed by atoms with van der Waals surface area (Å²) in [6, 6.07) is 18.2. The number of fused-ring (bicyclic) bond motifs is 2. The third kappa shape index (κ3) is 2.49. The summed E-state index contributed by atoms with van der Waals surface area (Å²) in [5.41, 5.74) is 6.07. The monoisotopic (exact) mass is 318 g/mol. The Morgan fingerprint density at radius 2 is 1.96 bits per heavy atom. The van der Waals surface area contributed by atoms with E-state index < -0.39 is 0 Å². The largest absolute Gasteiger partial charge is 0.363 e. The Kier molecular flexibility index (Phi) is 3.63. The molecule has 1 atom stereocenters. The van der Waals surface area contributed by atoms with Crippen molar-refractivity contribution in [3.8, 4) is 0 Å². The van der Waals surface area contributed by atoms with Crippen LogP contribution in [0.2, 0.25) is 0 Å². The molecule has 0 aliphatic heterocycles. The van der Waals surface area contributed by atoms with Crippen LogP contribution in [-0.2, 0) is 6.42 Å². The van der Waals surface area contributed by atoms with Crippen molar-refractivity contribution in [2.24, 2.45) is 0 Å². The first-order valence-corrected chi connectivity index (χ1v) is 7.99. The van der Waals surface area contributed by atoms with Crippen molar-refractivity contribution in [2.75, 3.05) is 5.32 Å². The van der Waals surface area contributed by atoms with Crippen molar-refractivity contribution in [1.29, 1.82) is 5.41 Å². The number of rotatable bonds is 3. The number of nitrogens with zero attached hydrogens (tertiary/aromatic N) is 1. The molecule has 0 saturated carbocycles. The van der Waals surface area contributed by atoms with Gasteiger partial charge in [-0.05, 0) is 42.2 Å². The van der Waals surface area contributed by atoms with E-state index in [0.717, 1.165) is 29.6 Å². The van der Waals surface area contributed by atoms with Gasteiger partial charge in [0.25, 0.3) is 0 Å². The standard InChI is InChI=1S/C19H18N4O/c20-19(23-24)15-6-3-7-16-14(15)9-11-18(21-16)22-17-10-8-12-4-1-2-5-13(12)17/h1-7,9,11,17,24H,8,10H2,(H2,20,23)(H,21,22)/t17-/m1/s1. The average Bonchev–Trinajstić information content (AvgIpc) is 3.03. The molecule has 0 unspecified atom stereocenters. The summed E-state index contributed by atoms with van der Waals surface area (Å²) in [6.07, 6.45) is 2.16. The number of hydroxylamine groups is 1. The molecule has 24 heavy (non-hydrogen) atoms. The number of amidine groups is 1. The Hall–Kier alpha value is -2.92. The number of benzene rings is 2. The molecule has 0 amide bonds. The van der Waals surface area contributed by atoms with Crippen LogP contribution in [0, 0.1) is 5.41 Å². The summed E-state index contributed by atoms with van der Waals surface area (Å²) >= 11 is 0. The number of nitrogens with one attached hydrogen (secondary N) is 3. The smallest absolute Gasteiger partial charge is 0.150 e. The maximum atomic E-state index is 8.98. The van der Waals surface area contributed by atoms with Gasteiger partial charge in [-0.15, -0.1) is 0 Å². The third-order valence-electron chi connectivity index (χ3n) is 4.57. The molecule has 0 saturated heterocycles. The van der Waals surface area contributed by atoms with E-state index in [4.69, 9.17) is 10.6 Å². The lowest BCUT2D eigenvalue weighted by Gasteiger charge is -2.15. The van der Waals surface area contributed by atoms with Crippen LogP contribution in [0.25, 0.3) is 10.9 Å². The molecule has 0 bridgehead atoms. The van der Waals surface area contributed by atoms with E-state index in [1.807, 2.05) is 29.7 Å². The van der Waals surface area contributed by atoms with Gasteiger partial charge in [-0.1, -0.05) is 36.4 Å². The van der Waals surface area contributed by atoms with Gasteiger partial charge in [-0.25, -0.2) is 4.98 Å². The molecule has 5 heteroatoms. The molecule has 0 fully saturated rings. The van der Waals surface area contributed by atoms with Gasteiger partial charge in [-0.2, -0.15) is 0 Å². The second-order valence-corrected chi connectivity index (χ2v) is 5.99. The molecule has 4 rings (SSSR count). The zero-order chi connectivity index (χ0) is 16.5. The predicted octanol–water partition coefficient (Wildman–Crippen LogP) is 3.64. The zero-order valence-corrected chi connectivity index (χ0v) is 13.1. The molecule has 1 aliphatic carbocycles. The van der Waals surface area contributed by atoms with Crippen LogP contribution in [0.4, 0.5) is 5.82 Å². The number of pyridine rings is 1. The van der Waals surface area contributed by atoms with E-state index in [2.05, 4.69) is 34.6 Å². The third-order valence-corrected chi connectivity index (χ3v) is 4.57. The van der Waals surface area contributed by atoms with Crippen molar-refractivity contribution >= 4 is 22.6 Å². The Labute approximate surface area is 139 Å². The second-order valence-electron chi connectivity index (χ2n) is 5.99. The molecule has 0 spiro atoms. The fraction of sp³-hybridized carbons (Fsp3) is 0.158. The van der Waals surface area contributed by atoms with Gasteiger partial charge in [0, 0.05) is 10.9 Å². The Morgan fingerprint density at radius 1 is 1.08 bits per heavy atom. The van der Waals surface area contributed by atoms with E-state index in [1.165, 1.54) is 11.1 Å². The van der Waals surface area contributed by atoms with E-state index in [0.29, 0.717) is 5.56 Å². The second kappa shape index (κ2) is 5.94. The van der Waals surface area contributed by atoms with Crippen LogP contribution in [0.1, 0.15) is 29.2 Å². The highest BCUT2D eigenvalue weighted by Crippen LogP contribution is 2.33. The minimum atomic E-state index is -0.0344. The summed E-state index contributed by atoms with van der Waals surface area (Å²) in [5.74, 6) is 0.790. The van der Waals surface area contributed by atoms with Gasteiger partial charge in [0.15, 0.2) is 0 Å². The van der Waals surface area contributed by atoms with Crippen LogP contribution in [0.15, 0.2) is 54.6 Å². The number of aromatic nitrogens is 1. The van der Waals surface area contributed by atoms with Crippen molar-refractivity contribution in [3.05, 3.63) is 71.3 Å². The summed E-state index contributed by atoms with van der Waals surface area (Å²) in [5, 5.41) is 21.1. The van der Waals surface area contributed by atoms with E-state index in [1.54, 1.807) is 6.07 Å². The van der Waals surface area contributed by atoms with Crippen molar-refractivity contribution < 1.29 is 5.21 Å². The highest BCUT2D eigenvalue weighted by molar-refractivity contribution is 6.07. The van der Waals surface area contributed by atoms with Gasteiger partial charge in [0.1, 0.15) is 11.7 Å². The topological polar surface area (TPSA) is 81.0 Å². The van der Waals surface area contributed by atoms with Crippen LogP contribution < -0.4 is 10.8 Å². The lowest BCUT2D eigenvalue weighted by Crippen LogP contribution is -2.19. The Morgan fingerprint density at radius 3 is 2.83 bits per heavy atom. The SMILES string of the molecule is N=C(NO)c1cccc2nc(N[C@@H]3CCc4ccccc43)ccc12. The maximum Gasteiger partial charge on any atom is 0.150 e. The molecule has 120 valence electrons. The average molecular weight is 318 g/mol. The quantitative estimate of drug-likeness (QED) is 0.338. The number of hydrogen-bond acceptors (Lipinski definition) is 4. The zero-order valence-electron chi connectivity index (χ0n) is 13.1. The number of hydrogen-bond donors (Lipinski definition) is 4. The molecule has 1 aromatic heterocycles. The molecule has 0 radical (unpaired) electrons. The fourth-order valence-electron chi connectivity index (χ4n) is 3.40. The molecule has 3 aromatic rings. The van der Waals surface area contributed by atoms with Gasteiger partial charge < -0.3 is 5.32 Å². The van der Waals surface area contributed by atoms with Crippen LogP contribution in [0.5, 0.6) is 0 Å². The minimum Gasteiger partial charge on any atom is -0.363 e. The summed E-state index contributed by atoms with van der Waals surface area (Å²) < 4.78 is 0. The van der Waals surface area contributed by atoms with E-state index >= 15 is 0 Å². The molecular formula is C19H18N4O. The minimum absolute atomic E-state index is 0.0344. The maximum absolute atomic E-state index is 8.98. The first kappa shape index (κ1) is 14.7. The lowest BCUT2D eigenvalue weighted by molar-refractivity contribution is 0.234. The van der Waals surface area contributed by atoms with Gasteiger partial charge in [0.2, 0.25) is 0 Å². The van der Waals surface area contributed by atoms with Crippen LogP contribution in [0.3, 0.4) is 0 Å². The number of aryl methyl sites for hydroxylation is 1. The van der Waals surface area contributed by atoms with Crippen molar-refractivity contribution in [1.82, 2.24) is 10.5 Å². The molecule has 1 heterocycles. The first-order valence-electron chi connectivity index (χ1n) is 7.99. The van der Waals surface area contributed by atoms with Crippen molar-refractivity contribution in [2.45, 2.75) is 18.9 Å². The van der Waals surface area contributed by atoms with Gasteiger partial charge in [-0.3, -0.25) is 16.1 Å². The number of anilines is 1. The lowest BCUT2D eigenvalue weighted by atomic mass is 10.1. The highest BCUT2D eigenvalue weighted by atomic mass is 16.5. The summed E-state index contributed by atoms with van der Waals surface area (Å²) in [7, 11) is 0. The molecular weight excluding hydrogens is 300 g/mol. The normalized spacial score (nSPS) is 16.0. The highest BCUT2D eigenvalue weighted by Gasteiger charge is 2.22. The summed E-state index contributed by atoms with van der Waals surface area (Å²) in [6.45, 7) is 0. The summed E-state index contributed by atoms with van der Waals surface area (Å²) in [4.78, 5) is 4.67. The Bertz CT molecular complexity index is 922. The van der Waals surface area contributed by atoms with Gasteiger partial charge >= 0.3 is 0 Å². The van der Waals surface area contributed by atoms with Crippen LogP contribution in [-0.4, -0.2) is 16.0 Å². The van der Waals surface area contributed by atoms with Crippen LogP contribution >= 0.6 is 0 Å². The molecule has 4 N–H and O–H groups in total. The van der Waals surface area contributed by atoms with Crippen molar-refractivity contribution in [3.63, 3.8) is 0 Å². The van der Waals surface area contributed by atoms with Gasteiger partial charge in [0.05, 0.1) is 11.6 Å². The molecule has 2 aromatic carbocycles. The first-order chi connectivity index (χ1) is 11.8. The van der Waals surface area contributed by atoms with E-state index in [-0.39, 0.29) is 11.9 Å². The Balaban J connectivity index is 1.66. The fourth-order valence-corrected chi connectivity index (χ4v) is 3.40. The molecule has 1 aliphatic rings.